The predicted molar refractivity (Wildman–Crippen MR) is 109 cm³/mol. The van der Waals surface area contributed by atoms with E-state index < -0.39 is 11.5 Å². The number of aromatic carboxylic acids is 1. The number of anilines is 1. The summed E-state index contributed by atoms with van der Waals surface area (Å²) in [6.07, 6.45) is 4.53. The van der Waals surface area contributed by atoms with E-state index in [4.69, 9.17) is 0 Å². The first kappa shape index (κ1) is 19.8. The quantitative estimate of drug-likeness (QED) is 0.634. The summed E-state index contributed by atoms with van der Waals surface area (Å²) in [6, 6.07) is 7.64. The van der Waals surface area contributed by atoms with Crippen molar-refractivity contribution in [3.63, 3.8) is 0 Å². The van der Waals surface area contributed by atoms with Crippen LogP contribution in [0.3, 0.4) is 0 Å². The van der Waals surface area contributed by atoms with Crippen molar-refractivity contribution in [1.29, 1.82) is 0 Å². The number of amides is 1. The second kappa shape index (κ2) is 8.35. The maximum atomic E-state index is 12.7. The van der Waals surface area contributed by atoms with Gasteiger partial charge in [-0.3, -0.25) is 14.2 Å². The molecule has 0 saturated heterocycles. The first-order valence-electron chi connectivity index (χ1n) is 9.01. The van der Waals surface area contributed by atoms with Gasteiger partial charge in [0.25, 0.3) is 5.56 Å². The largest absolute Gasteiger partial charge is 0.477 e. The summed E-state index contributed by atoms with van der Waals surface area (Å²) in [7, 11) is 0. The topological polar surface area (TPSA) is 101 Å². The van der Waals surface area contributed by atoms with Gasteiger partial charge < -0.3 is 10.4 Å². The molecule has 8 heteroatoms. The first-order valence-corrected chi connectivity index (χ1v) is 9.83. The Bertz CT molecular complexity index is 1080. The van der Waals surface area contributed by atoms with Gasteiger partial charge in [0, 0.05) is 5.69 Å². The zero-order valence-electron chi connectivity index (χ0n) is 15.7. The monoisotopic (exact) mass is 399 g/mol. The molecule has 1 aromatic carbocycles. The van der Waals surface area contributed by atoms with Crippen LogP contribution in [0.15, 0.2) is 35.4 Å². The zero-order chi connectivity index (χ0) is 20.3. The highest BCUT2D eigenvalue weighted by molar-refractivity contribution is 7.20. The lowest BCUT2D eigenvalue weighted by molar-refractivity contribution is -0.116. The molecular formula is C20H21N3O4S. The van der Waals surface area contributed by atoms with E-state index in [1.54, 1.807) is 6.92 Å². The van der Waals surface area contributed by atoms with Crippen molar-refractivity contribution in [3.8, 4) is 0 Å². The van der Waals surface area contributed by atoms with Crippen LogP contribution >= 0.6 is 11.3 Å². The van der Waals surface area contributed by atoms with E-state index in [1.165, 1.54) is 16.5 Å². The van der Waals surface area contributed by atoms with E-state index in [1.807, 2.05) is 24.3 Å². The number of hydrogen-bond donors (Lipinski definition) is 2. The molecule has 0 unspecified atom stereocenters. The van der Waals surface area contributed by atoms with E-state index in [0.717, 1.165) is 30.6 Å². The van der Waals surface area contributed by atoms with Crippen LogP contribution in [0.2, 0.25) is 0 Å². The third kappa shape index (κ3) is 4.12. The molecular weight excluding hydrogens is 378 g/mol. The number of benzene rings is 1. The molecule has 0 fully saturated rings. The number of unbranched alkanes of at least 4 members (excludes halogenated alkanes) is 1. The summed E-state index contributed by atoms with van der Waals surface area (Å²) in [4.78, 5) is 40.9. The number of carboxylic acid groups (broad SMARTS) is 1. The fourth-order valence-electron chi connectivity index (χ4n) is 2.97. The molecule has 146 valence electrons. The van der Waals surface area contributed by atoms with Crippen LogP contribution in [0.4, 0.5) is 5.69 Å². The van der Waals surface area contributed by atoms with Gasteiger partial charge in [-0.2, -0.15) is 0 Å². The highest BCUT2D eigenvalue weighted by atomic mass is 32.1. The summed E-state index contributed by atoms with van der Waals surface area (Å²) < 4.78 is 1.19. The lowest BCUT2D eigenvalue weighted by Crippen LogP contribution is -2.27. The molecule has 3 aromatic rings. The third-order valence-corrected chi connectivity index (χ3v) is 5.67. The molecule has 28 heavy (non-hydrogen) atoms. The molecule has 0 spiro atoms. The Hall–Kier alpha value is -3.00. The average molecular weight is 399 g/mol. The standard InChI is InChI=1S/C20H21N3O4S/c1-3-4-5-13-6-8-14(9-7-13)22-15(24)10-23-11-21-18-16(19(23)25)12(2)17(28-18)20(26)27/h6-9,11H,3-5,10H2,1-2H3,(H,22,24)(H,26,27). The van der Waals surface area contributed by atoms with E-state index in [9.17, 15) is 19.5 Å². The summed E-state index contributed by atoms with van der Waals surface area (Å²) >= 11 is 0.959. The summed E-state index contributed by atoms with van der Waals surface area (Å²) in [5.74, 6) is -1.44. The van der Waals surface area contributed by atoms with Crippen LogP contribution < -0.4 is 10.9 Å². The van der Waals surface area contributed by atoms with E-state index in [0.29, 0.717) is 16.1 Å². The van der Waals surface area contributed by atoms with E-state index >= 15 is 0 Å². The van der Waals surface area contributed by atoms with Gasteiger partial charge in [0.1, 0.15) is 16.3 Å². The number of hydrogen-bond acceptors (Lipinski definition) is 5. The van der Waals surface area contributed by atoms with Crippen molar-refractivity contribution in [2.24, 2.45) is 0 Å². The highest BCUT2D eigenvalue weighted by Crippen LogP contribution is 2.26. The van der Waals surface area contributed by atoms with Crippen LogP contribution in [-0.4, -0.2) is 26.5 Å². The van der Waals surface area contributed by atoms with Gasteiger partial charge >= 0.3 is 5.97 Å². The minimum Gasteiger partial charge on any atom is -0.477 e. The number of aromatic nitrogens is 2. The smallest absolute Gasteiger partial charge is 0.346 e. The lowest BCUT2D eigenvalue weighted by atomic mass is 10.1. The maximum absolute atomic E-state index is 12.7. The summed E-state index contributed by atoms with van der Waals surface area (Å²) in [5, 5.41) is 12.2. The highest BCUT2D eigenvalue weighted by Gasteiger charge is 2.19. The first-order chi connectivity index (χ1) is 13.4. The Kier molecular flexibility index (Phi) is 5.89. The minimum atomic E-state index is -1.09. The summed E-state index contributed by atoms with van der Waals surface area (Å²) in [6.45, 7) is 3.52. The van der Waals surface area contributed by atoms with E-state index in [-0.39, 0.29) is 22.7 Å². The molecule has 0 aliphatic carbocycles. The zero-order valence-corrected chi connectivity index (χ0v) is 16.5. The minimum absolute atomic E-state index is 0.0879. The van der Waals surface area contributed by atoms with Crippen molar-refractivity contribution in [3.05, 3.63) is 57.0 Å². The molecule has 0 saturated carbocycles. The number of nitrogens with one attached hydrogen (secondary N) is 1. The Morgan fingerprint density at radius 2 is 1.96 bits per heavy atom. The van der Waals surface area contributed by atoms with Crippen LogP contribution in [0.1, 0.15) is 40.6 Å². The Balaban J connectivity index is 1.76. The predicted octanol–water partition coefficient (Wildman–Crippen LogP) is 3.45. The molecule has 0 aliphatic heterocycles. The fraction of sp³-hybridized carbons (Fsp3) is 0.300. The molecule has 0 atom stereocenters. The molecule has 2 aromatic heterocycles. The Morgan fingerprint density at radius 1 is 1.25 bits per heavy atom. The molecule has 0 bridgehead atoms. The van der Waals surface area contributed by atoms with Crippen LogP contribution in [0.5, 0.6) is 0 Å². The number of aryl methyl sites for hydroxylation is 2. The molecule has 0 radical (unpaired) electrons. The summed E-state index contributed by atoms with van der Waals surface area (Å²) in [5.41, 5.74) is 1.83. The molecule has 2 heterocycles. The van der Waals surface area contributed by atoms with Gasteiger partial charge in [0.2, 0.25) is 5.91 Å². The number of thiophene rings is 1. The fourth-order valence-corrected chi connectivity index (χ4v) is 3.94. The number of carbonyl (C=O) groups is 2. The Morgan fingerprint density at radius 3 is 2.61 bits per heavy atom. The van der Waals surface area contributed by atoms with Gasteiger partial charge in [-0.25, -0.2) is 9.78 Å². The van der Waals surface area contributed by atoms with Crippen molar-refractivity contribution < 1.29 is 14.7 Å². The molecule has 2 N–H and O–H groups in total. The Labute approximate surface area is 165 Å². The lowest BCUT2D eigenvalue weighted by Gasteiger charge is -2.08. The van der Waals surface area contributed by atoms with Gasteiger partial charge in [-0.05, 0) is 43.0 Å². The molecule has 1 amide bonds. The third-order valence-electron chi connectivity index (χ3n) is 4.48. The van der Waals surface area contributed by atoms with Gasteiger partial charge in [-0.15, -0.1) is 11.3 Å². The molecule has 3 rings (SSSR count). The number of nitrogens with zero attached hydrogens (tertiary/aromatic N) is 2. The van der Waals surface area contributed by atoms with Crippen molar-refractivity contribution in [1.82, 2.24) is 9.55 Å². The van der Waals surface area contributed by atoms with E-state index in [2.05, 4.69) is 17.2 Å². The van der Waals surface area contributed by atoms with Crippen LogP contribution in [0.25, 0.3) is 10.2 Å². The van der Waals surface area contributed by atoms with Crippen molar-refractivity contribution >= 4 is 39.1 Å². The maximum Gasteiger partial charge on any atom is 0.346 e. The average Bonchev–Trinajstić information content (AvgIpc) is 3.01. The number of rotatable bonds is 7. The number of fused-ring (bicyclic) bond motifs is 1. The normalized spacial score (nSPS) is 10.9. The van der Waals surface area contributed by atoms with Crippen molar-refractivity contribution in [2.45, 2.75) is 39.7 Å². The van der Waals surface area contributed by atoms with Crippen LogP contribution in [0, 0.1) is 6.92 Å². The second-order valence-corrected chi connectivity index (χ2v) is 7.57. The molecule has 0 aliphatic rings. The second-order valence-electron chi connectivity index (χ2n) is 6.57. The van der Waals surface area contributed by atoms with Gasteiger partial charge in [-0.1, -0.05) is 25.5 Å². The SMILES string of the molecule is CCCCc1ccc(NC(=O)Cn2cnc3sc(C(=O)O)c(C)c3c2=O)cc1. The van der Waals surface area contributed by atoms with Gasteiger partial charge in [0.15, 0.2) is 0 Å². The number of carbonyl (C=O) groups excluding carboxylic acids is 1. The number of carboxylic acids is 1. The van der Waals surface area contributed by atoms with Gasteiger partial charge in [0.05, 0.1) is 11.7 Å². The van der Waals surface area contributed by atoms with Crippen molar-refractivity contribution in [2.75, 3.05) is 5.32 Å². The van der Waals surface area contributed by atoms with Crippen LogP contribution in [-0.2, 0) is 17.8 Å². The molecule has 7 nitrogen and oxygen atoms in total.